The Kier molecular flexibility index (Phi) is 5.95. The fraction of sp³-hybridized carbons (Fsp3) is 0.417. The van der Waals surface area contributed by atoms with Crippen LogP contribution >= 0.6 is 0 Å². The molecule has 5 heteroatoms. The van der Waals surface area contributed by atoms with Crippen molar-refractivity contribution in [3.63, 3.8) is 0 Å². The molecule has 4 rings (SSSR count). The Labute approximate surface area is 172 Å². The van der Waals surface area contributed by atoms with Gasteiger partial charge in [0.25, 0.3) is 0 Å². The van der Waals surface area contributed by atoms with Crippen molar-refractivity contribution < 1.29 is 9.59 Å². The molecule has 0 bridgehead atoms. The molecule has 2 aromatic carbocycles. The molecule has 2 heterocycles. The number of carbonyl (C=O) groups excluding carboxylic acids is 2. The first-order valence-corrected chi connectivity index (χ1v) is 10.5. The lowest BCUT2D eigenvalue weighted by molar-refractivity contribution is -0.126. The Hall–Kier alpha value is -2.66. The van der Waals surface area contributed by atoms with Crippen LogP contribution in [0.3, 0.4) is 0 Å². The van der Waals surface area contributed by atoms with Crippen molar-refractivity contribution in [2.24, 2.45) is 5.92 Å². The van der Waals surface area contributed by atoms with E-state index in [2.05, 4.69) is 46.7 Å². The molecular weight excluding hydrogens is 362 g/mol. The zero-order valence-corrected chi connectivity index (χ0v) is 17.0. The fourth-order valence-corrected chi connectivity index (χ4v) is 4.20. The second kappa shape index (κ2) is 8.78. The monoisotopic (exact) mass is 391 g/mol. The summed E-state index contributed by atoms with van der Waals surface area (Å²) in [6.45, 7) is 6.15. The van der Waals surface area contributed by atoms with Gasteiger partial charge in [0, 0.05) is 25.2 Å². The van der Waals surface area contributed by atoms with E-state index in [1.165, 1.54) is 31.5 Å². The minimum absolute atomic E-state index is 0.0983. The van der Waals surface area contributed by atoms with Crippen molar-refractivity contribution in [1.82, 2.24) is 10.2 Å². The van der Waals surface area contributed by atoms with E-state index < -0.39 is 5.92 Å². The van der Waals surface area contributed by atoms with E-state index >= 15 is 0 Å². The van der Waals surface area contributed by atoms with Gasteiger partial charge in [-0.2, -0.15) is 0 Å². The van der Waals surface area contributed by atoms with Gasteiger partial charge in [0.05, 0.1) is 5.92 Å². The summed E-state index contributed by atoms with van der Waals surface area (Å²) in [7, 11) is 0. The topological polar surface area (TPSA) is 61.4 Å². The van der Waals surface area contributed by atoms with Gasteiger partial charge in [-0.25, -0.2) is 0 Å². The van der Waals surface area contributed by atoms with Gasteiger partial charge in [-0.05, 0) is 54.6 Å². The van der Waals surface area contributed by atoms with Gasteiger partial charge in [-0.1, -0.05) is 49.4 Å². The SMILES string of the molecule is CC1CCN(Cc2ccc(CNC(=O)C3CC(=O)Nc4ccccc43)cc2)CC1. The molecule has 2 aromatic rings. The molecule has 5 nitrogen and oxygen atoms in total. The second-order valence-corrected chi connectivity index (χ2v) is 8.39. The van der Waals surface area contributed by atoms with Gasteiger partial charge in [0.2, 0.25) is 11.8 Å². The van der Waals surface area contributed by atoms with E-state index in [4.69, 9.17) is 0 Å². The predicted octanol–water partition coefficient (Wildman–Crippen LogP) is 3.66. The smallest absolute Gasteiger partial charge is 0.228 e. The first kappa shape index (κ1) is 19.6. The number of hydrogen-bond acceptors (Lipinski definition) is 3. The molecule has 1 saturated heterocycles. The van der Waals surface area contributed by atoms with Crippen molar-refractivity contribution in [1.29, 1.82) is 0 Å². The molecule has 0 radical (unpaired) electrons. The Morgan fingerprint density at radius 2 is 1.76 bits per heavy atom. The molecule has 152 valence electrons. The van der Waals surface area contributed by atoms with E-state index in [9.17, 15) is 9.59 Å². The van der Waals surface area contributed by atoms with Crippen LogP contribution in [-0.2, 0) is 22.7 Å². The van der Waals surface area contributed by atoms with Crippen LogP contribution in [0.5, 0.6) is 0 Å². The molecule has 0 aromatic heterocycles. The highest BCUT2D eigenvalue weighted by molar-refractivity contribution is 6.01. The quantitative estimate of drug-likeness (QED) is 0.818. The normalized spacial score (nSPS) is 20.0. The standard InChI is InChI=1S/C24H29N3O2/c1-17-10-12-27(13-11-17)16-19-8-6-18(7-9-19)15-25-24(29)21-14-23(28)26-22-5-3-2-4-20(21)22/h2-9,17,21H,10-16H2,1H3,(H,25,29)(H,26,28). The Bertz CT molecular complexity index is 870. The maximum absolute atomic E-state index is 12.7. The maximum atomic E-state index is 12.7. The van der Waals surface area contributed by atoms with E-state index in [0.717, 1.165) is 29.3 Å². The lowest BCUT2D eigenvalue weighted by atomic mass is 9.90. The third-order valence-electron chi connectivity index (χ3n) is 6.09. The number of hydrogen-bond donors (Lipinski definition) is 2. The van der Waals surface area contributed by atoms with Crippen LogP contribution in [0, 0.1) is 5.92 Å². The summed E-state index contributed by atoms with van der Waals surface area (Å²) in [5.74, 6) is 0.208. The van der Waals surface area contributed by atoms with E-state index in [-0.39, 0.29) is 18.2 Å². The number of nitrogens with zero attached hydrogens (tertiary/aromatic N) is 1. The first-order valence-electron chi connectivity index (χ1n) is 10.5. The molecule has 2 amide bonds. The molecule has 2 aliphatic rings. The molecule has 0 spiro atoms. The third kappa shape index (κ3) is 4.85. The number of likely N-dealkylation sites (tertiary alicyclic amines) is 1. The number of para-hydroxylation sites is 1. The largest absolute Gasteiger partial charge is 0.351 e. The highest BCUT2D eigenvalue weighted by Crippen LogP contribution is 2.32. The summed E-state index contributed by atoms with van der Waals surface area (Å²) in [6.07, 6.45) is 2.76. The van der Waals surface area contributed by atoms with Gasteiger partial charge in [0.1, 0.15) is 0 Å². The van der Waals surface area contributed by atoms with Gasteiger partial charge in [-0.3, -0.25) is 14.5 Å². The molecule has 1 fully saturated rings. The fourth-order valence-electron chi connectivity index (χ4n) is 4.20. The molecule has 0 saturated carbocycles. The summed E-state index contributed by atoms with van der Waals surface area (Å²) in [4.78, 5) is 27.2. The van der Waals surface area contributed by atoms with Gasteiger partial charge in [0.15, 0.2) is 0 Å². The van der Waals surface area contributed by atoms with Crippen LogP contribution in [0.1, 0.15) is 48.8 Å². The Morgan fingerprint density at radius 1 is 1.07 bits per heavy atom. The zero-order chi connectivity index (χ0) is 20.2. The number of nitrogens with one attached hydrogen (secondary N) is 2. The van der Waals surface area contributed by atoms with Crippen molar-refractivity contribution in [3.8, 4) is 0 Å². The average molecular weight is 392 g/mol. The molecule has 2 N–H and O–H groups in total. The van der Waals surface area contributed by atoms with E-state index in [1.54, 1.807) is 0 Å². The lowest BCUT2D eigenvalue weighted by Crippen LogP contribution is -2.34. The number of benzene rings is 2. The summed E-state index contributed by atoms with van der Waals surface area (Å²) >= 11 is 0. The number of piperidine rings is 1. The van der Waals surface area contributed by atoms with Crippen LogP contribution in [0.25, 0.3) is 0 Å². The van der Waals surface area contributed by atoms with Crippen LogP contribution < -0.4 is 10.6 Å². The van der Waals surface area contributed by atoms with Crippen molar-refractivity contribution in [2.45, 2.75) is 45.2 Å². The summed E-state index contributed by atoms with van der Waals surface area (Å²) in [5, 5.41) is 5.84. The van der Waals surface area contributed by atoms with E-state index in [0.29, 0.717) is 6.54 Å². The van der Waals surface area contributed by atoms with Crippen molar-refractivity contribution in [3.05, 3.63) is 65.2 Å². The van der Waals surface area contributed by atoms with Crippen LogP contribution in [0.15, 0.2) is 48.5 Å². The van der Waals surface area contributed by atoms with Crippen LogP contribution in [-0.4, -0.2) is 29.8 Å². The number of carbonyl (C=O) groups is 2. The number of amides is 2. The summed E-state index contributed by atoms with van der Waals surface area (Å²) in [6, 6.07) is 16.0. The third-order valence-corrected chi connectivity index (χ3v) is 6.09. The number of rotatable bonds is 5. The molecule has 29 heavy (non-hydrogen) atoms. The van der Waals surface area contributed by atoms with Crippen molar-refractivity contribution >= 4 is 17.5 Å². The predicted molar refractivity (Wildman–Crippen MR) is 114 cm³/mol. The zero-order valence-electron chi connectivity index (χ0n) is 17.0. The second-order valence-electron chi connectivity index (χ2n) is 8.39. The van der Waals surface area contributed by atoms with Crippen LogP contribution in [0.4, 0.5) is 5.69 Å². The minimum atomic E-state index is -0.430. The van der Waals surface area contributed by atoms with E-state index in [1.807, 2.05) is 24.3 Å². The molecular formula is C24H29N3O2. The van der Waals surface area contributed by atoms with Crippen molar-refractivity contribution in [2.75, 3.05) is 18.4 Å². The molecule has 1 unspecified atom stereocenters. The average Bonchev–Trinajstić information content (AvgIpc) is 2.74. The van der Waals surface area contributed by atoms with Gasteiger partial charge < -0.3 is 10.6 Å². The van der Waals surface area contributed by atoms with Crippen LogP contribution in [0.2, 0.25) is 0 Å². The number of anilines is 1. The first-order chi connectivity index (χ1) is 14.1. The summed E-state index contributed by atoms with van der Waals surface area (Å²) in [5.41, 5.74) is 4.01. The maximum Gasteiger partial charge on any atom is 0.228 e. The highest BCUT2D eigenvalue weighted by atomic mass is 16.2. The van der Waals surface area contributed by atoms with Gasteiger partial charge in [-0.15, -0.1) is 0 Å². The van der Waals surface area contributed by atoms with Gasteiger partial charge >= 0.3 is 0 Å². The lowest BCUT2D eigenvalue weighted by Gasteiger charge is -2.30. The molecule has 1 atom stereocenters. The molecule has 0 aliphatic carbocycles. The Morgan fingerprint density at radius 3 is 2.52 bits per heavy atom. The summed E-state index contributed by atoms with van der Waals surface area (Å²) < 4.78 is 0. The number of fused-ring (bicyclic) bond motifs is 1. The Balaban J connectivity index is 1.32. The molecule has 2 aliphatic heterocycles. The highest BCUT2D eigenvalue weighted by Gasteiger charge is 2.30. The minimum Gasteiger partial charge on any atom is -0.351 e.